The highest BCUT2D eigenvalue weighted by molar-refractivity contribution is 6.33. The Kier molecular flexibility index (Phi) is 4.42. The van der Waals surface area contributed by atoms with Crippen LogP contribution in [0.3, 0.4) is 0 Å². The van der Waals surface area contributed by atoms with E-state index in [1.54, 1.807) is 0 Å². The standard InChI is InChI=1S/C14H18ClFN2O/c1-2-5-14(6-7-17-9-14)13(19)18-12-8-10(16)3-4-11(12)15/h3-4,8,17H,2,5-7,9H2,1H3,(H,18,19). The minimum atomic E-state index is -0.409. The van der Waals surface area contributed by atoms with Crippen LogP contribution in [0.25, 0.3) is 0 Å². The van der Waals surface area contributed by atoms with Gasteiger partial charge in [0.05, 0.1) is 16.1 Å². The van der Waals surface area contributed by atoms with Gasteiger partial charge in [-0.1, -0.05) is 24.9 Å². The normalized spacial score (nSPS) is 22.5. The Labute approximate surface area is 117 Å². The number of halogens is 2. The molecule has 19 heavy (non-hydrogen) atoms. The SMILES string of the molecule is CCCC1(C(=O)Nc2cc(F)ccc2Cl)CCNC1. The molecule has 1 unspecified atom stereocenters. The van der Waals surface area contributed by atoms with Crippen LogP contribution in [0.15, 0.2) is 18.2 Å². The Morgan fingerprint density at radius 1 is 1.58 bits per heavy atom. The third-order valence-corrected chi connectivity index (χ3v) is 3.96. The van der Waals surface area contributed by atoms with E-state index in [2.05, 4.69) is 17.6 Å². The van der Waals surface area contributed by atoms with Crippen molar-refractivity contribution in [3.05, 3.63) is 29.0 Å². The van der Waals surface area contributed by atoms with E-state index in [1.807, 2.05) is 0 Å². The number of hydrogen-bond acceptors (Lipinski definition) is 2. The summed E-state index contributed by atoms with van der Waals surface area (Å²) >= 11 is 5.97. The van der Waals surface area contributed by atoms with E-state index in [9.17, 15) is 9.18 Å². The van der Waals surface area contributed by atoms with Crippen LogP contribution in [0, 0.1) is 11.2 Å². The van der Waals surface area contributed by atoms with Crippen LogP contribution in [-0.2, 0) is 4.79 Å². The first-order valence-corrected chi connectivity index (χ1v) is 6.92. The van der Waals surface area contributed by atoms with E-state index >= 15 is 0 Å². The summed E-state index contributed by atoms with van der Waals surface area (Å²) in [6, 6.07) is 3.98. The lowest BCUT2D eigenvalue weighted by Gasteiger charge is -2.26. The van der Waals surface area contributed by atoms with Crippen molar-refractivity contribution in [1.82, 2.24) is 5.32 Å². The van der Waals surface area contributed by atoms with E-state index in [1.165, 1.54) is 18.2 Å². The topological polar surface area (TPSA) is 41.1 Å². The Bertz CT molecular complexity index is 473. The molecule has 1 fully saturated rings. The van der Waals surface area contributed by atoms with Gasteiger partial charge >= 0.3 is 0 Å². The summed E-state index contributed by atoms with van der Waals surface area (Å²) in [5.74, 6) is -0.486. The van der Waals surface area contributed by atoms with Crippen molar-refractivity contribution in [2.75, 3.05) is 18.4 Å². The lowest BCUT2D eigenvalue weighted by molar-refractivity contribution is -0.125. The second-order valence-electron chi connectivity index (χ2n) is 5.04. The Morgan fingerprint density at radius 2 is 2.37 bits per heavy atom. The molecular formula is C14H18ClFN2O. The van der Waals surface area contributed by atoms with Crippen LogP contribution in [-0.4, -0.2) is 19.0 Å². The van der Waals surface area contributed by atoms with Crippen molar-refractivity contribution in [3.8, 4) is 0 Å². The van der Waals surface area contributed by atoms with Gasteiger partial charge in [0.25, 0.3) is 0 Å². The smallest absolute Gasteiger partial charge is 0.231 e. The van der Waals surface area contributed by atoms with Crippen LogP contribution >= 0.6 is 11.6 Å². The summed E-state index contributed by atoms with van der Waals surface area (Å²) in [6.07, 6.45) is 2.56. The second kappa shape index (κ2) is 5.88. The Morgan fingerprint density at radius 3 is 3.00 bits per heavy atom. The summed E-state index contributed by atoms with van der Waals surface area (Å²) in [5.41, 5.74) is -0.0567. The molecule has 0 spiro atoms. The number of amides is 1. The lowest BCUT2D eigenvalue weighted by atomic mass is 9.81. The van der Waals surface area contributed by atoms with Crippen LogP contribution in [0.4, 0.5) is 10.1 Å². The summed E-state index contributed by atoms with van der Waals surface area (Å²) in [5, 5.41) is 6.34. The quantitative estimate of drug-likeness (QED) is 0.891. The maximum Gasteiger partial charge on any atom is 0.231 e. The fourth-order valence-corrected chi connectivity index (χ4v) is 2.76. The highest BCUT2D eigenvalue weighted by Crippen LogP contribution is 2.33. The third kappa shape index (κ3) is 3.07. The molecule has 0 saturated carbocycles. The van der Waals surface area contributed by atoms with Gasteiger partial charge in [-0.05, 0) is 37.6 Å². The average molecular weight is 285 g/mol. The van der Waals surface area contributed by atoms with Crippen LogP contribution in [0.1, 0.15) is 26.2 Å². The summed E-state index contributed by atoms with van der Waals surface area (Å²) in [4.78, 5) is 12.5. The van der Waals surface area contributed by atoms with Crippen molar-refractivity contribution in [2.24, 2.45) is 5.41 Å². The highest BCUT2D eigenvalue weighted by Gasteiger charge is 2.40. The zero-order chi connectivity index (χ0) is 13.9. The van der Waals surface area contributed by atoms with Crippen molar-refractivity contribution in [2.45, 2.75) is 26.2 Å². The zero-order valence-electron chi connectivity index (χ0n) is 10.9. The van der Waals surface area contributed by atoms with Crippen molar-refractivity contribution < 1.29 is 9.18 Å². The largest absolute Gasteiger partial charge is 0.324 e. The average Bonchev–Trinajstić information content (AvgIpc) is 2.84. The maximum absolute atomic E-state index is 13.2. The Balaban J connectivity index is 2.17. The summed E-state index contributed by atoms with van der Waals surface area (Å²) in [6.45, 7) is 3.56. The molecule has 1 heterocycles. The fraction of sp³-hybridized carbons (Fsp3) is 0.500. The van der Waals surface area contributed by atoms with Gasteiger partial charge in [-0.2, -0.15) is 0 Å². The van der Waals surface area contributed by atoms with Gasteiger partial charge in [-0.25, -0.2) is 4.39 Å². The minimum absolute atomic E-state index is 0.0770. The molecule has 1 aliphatic rings. The second-order valence-corrected chi connectivity index (χ2v) is 5.44. The number of nitrogens with one attached hydrogen (secondary N) is 2. The van der Waals surface area contributed by atoms with Gasteiger partial charge in [-0.15, -0.1) is 0 Å². The number of benzene rings is 1. The molecule has 1 atom stereocenters. The van der Waals surface area contributed by atoms with Crippen LogP contribution in [0.5, 0.6) is 0 Å². The lowest BCUT2D eigenvalue weighted by Crippen LogP contribution is -2.38. The number of anilines is 1. The Hall–Kier alpha value is -1.13. The number of rotatable bonds is 4. The molecule has 2 N–H and O–H groups in total. The maximum atomic E-state index is 13.2. The molecule has 0 bridgehead atoms. The van der Waals surface area contributed by atoms with Crippen molar-refractivity contribution in [3.63, 3.8) is 0 Å². The summed E-state index contributed by atoms with van der Waals surface area (Å²) in [7, 11) is 0. The first-order chi connectivity index (χ1) is 9.07. The van der Waals surface area contributed by atoms with Gasteiger partial charge < -0.3 is 10.6 Å². The van der Waals surface area contributed by atoms with Crippen molar-refractivity contribution in [1.29, 1.82) is 0 Å². The molecule has 0 aliphatic carbocycles. The van der Waals surface area contributed by atoms with E-state index < -0.39 is 11.2 Å². The molecule has 1 aliphatic heterocycles. The van der Waals surface area contributed by atoms with E-state index in [4.69, 9.17) is 11.6 Å². The van der Waals surface area contributed by atoms with Crippen molar-refractivity contribution >= 4 is 23.2 Å². The number of hydrogen-bond donors (Lipinski definition) is 2. The third-order valence-electron chi connectivity index (χ3n) is 3.63. The molecule has 0 radical (unpaired) electrons. The van der Waals surface area contributed by atoms with Gasteiger partial charge in [0.1, 0.15) is 5.82 Å². The molecule has 5 heteroatoms. The van der Waals surface area contributed by atoms with E-state index in [0.717, 1.165) is 25.8 Å². The molecule has 1 saturated heterocycles. The number of carbonyl (C=O) groups is 1. The molecule has 1 aromatic rings. The minimum Gasteiger partial charge on any atom is -0.324 e. The fourth-order valence-electron chi connectivity index (χ4n) is 2.59. The van der Waals surface area contributed by atoms with Crippen LogP contribution < -0.4 is 10.6 Å². The predicted octanol–water partition coefficient (Wildman–Crippen LogP) is 3.20. The molecule has 1 amide bonds. The molecular weight excluding hydrogens is 267 g/mol. The predicted molar refractivity (Wildman–Crippen MR) is 74.9 cm³/mol. The summed E-state index contributed by atoms with van der Waals surface area (Å²) < 4.78 is 13.2. The van der Waals surface area contributed by atoms with Crippen LogP contribution in [0.2, 0.25) is 5.02 Å². The first-order valence-electron chi connectivity index (χ1n) is 6.54. The molecule has 0 aromatic heterocycles. The van der Waals surface area contributed by atoms with Gasteiger partial charge in [0.2, 0.25) is 5.91 Å². The molecule has 3 nitrogen and oxygen atoms in total. The molecule has 2 rings (SSSR count). The first kappa shape index (κ1) is 14.3. The van der Waals surface area contributed by atoms with Gasteiger partial charge in [-0.3, -0.25) is 4.79 Å². The monoisotopic (exact) mass is 284 g/mol. The zero-order valence-corrected chi connectivity index (χ0v) is 11.7. The molecule has 104 valence electrons. The molecule has 1 aromatic carbocycles. The highest BCUT2D eigenvalue weighted by atomic mass is 35.5. The number of carbonyl (C=O) groups excluding carboxylic acids is 1. The van der Waals surface area contributed by atoms with Gasteiger partial charge in [0, 0.05) is 6.54 Å². The van der Waals surface area contributed by atoms with E-state index in [0.29, 0.717) is 17.3 Å². The van der Waals surface area contributed by atoms with E-state index in [-0.39, 0.29) is 5.91 Å². The van der Waals surface area contributed by atoms with Gasteiger partial charge in [0.15, 0.2) is 0 Å².